The van der Waals surface area contributed by atoms with Gasteiger partial charge in [-0.15, -0.1) is 15.3 Å². The maximum atomic E-state index is 12.5. The van der Waals surface area contributed by atoms with Crippen LogP contribution >= 0.6 is 11.3 Å². The van der Waals surface area contributed by atoms with Crippen LogP contribution < -0.4 is 0 Å². The molecule has 3 rings (SSSR count). The molecule has 0 bridgehead atoms. The zero-order chi connectivity index (χ0) is 16.1. The van der Waals surface area contributed by atoms with E-state index < -0.39 is 9.84 Å². The molecular formula is C12H17N5O3S2. The fourth-order valence-corrected chi connectivity index (χ4v) is 5.08. The molecule has 2 aromatic heterocycles. The SMILES string of the molecule is CC(C)c1nnc2sc(C(=O)N(C)C3CCS(=O)(=O)C3)nn12. The minimum absolute atomic E-state index is 0.0244. The molecule has 0 aromatic carbocycles. The fraction of sp³-hybridized carbons (Fsp3) is 0.667. The summed E-state index contributed by atoms with van der Waals surface area (Å²) in [6.45, 7) is 3.96. The molecule has 120 valence electrons. The molecule has 1 atom stereocenters. The van der Waals surface area contributed by atoms with Gasteiger partial charge >= 0.3 is 0 Å². The molecule has 2 aromatic rings. The Bertz CT molecular complexity index is 823. The molecule has 0 N–H and O–H groups in total. The first-order chi connectivity index (χ1) is 10.3. The first kappa shape index (κ1) is 15.3. The topological polar surface area (TPSA) is 97.5 Å². The summed E-state index contributed by atoms with van der Waals surface area (Å²) in [5.41, 5.74) is 0. The summed E-state index contributed by atoms with van der Waals surface area (Å²) in [5, 5.41) is 12.7. The van der Waals surface area contributed by atoms with Crippen LogP contribution in [0.2, 0.25) is 0 Å². The predicted molar refractivity (Wildman–Crippen MR) is 81.9 cm³/mol. The number of carbonyl (C=O) groups is 1. The Labute approximate surface area is 132 Å². The molecule has 1 aliphatic rings. The van der Waals surface area contributed by atoms with Crippen LogP contribution in [0.1, 0.15) is 41.8 Å². The highest BCUT2D eigenvalue weighted by Crippen LogP contribution is 2.22. The summed E-state index contributed by atoms with van der Waals surface area (Å²) in [5.74, 6) is 0.746. The van der Waals surface area contributed by atoms with Gasteiger partial charge in [-0.25, -0.2) is 8.42 Å². The van der Waals surface area contributed by atoms with Crippen molar-refractivity contribution in [2.24, 2.45) is 0 Å². The smallest absolute Gasteiger partial charge is 0.284 e. The van der Waals surface area contributed by atoms with Gasteiger partial charge in [0, 0.05) is 19.0 Å². The average Bonchev–Trinajstić information content (AvgIpc) is 3.09. The molecule has 0 saturated carbocycles. The van der Waals surface area contributed by atoms with E-state index in [1.54, 1.807) is 11.6 Å². The van der Waals surface area contributed by atoms with Crippen molar-refractivity contribution in [3.05, 3.63) is 10.8 Å². The van der Waals surface area contributed by atoms with E-state index in [4.69, 9.17) is 0 Å². The summed E-state index contributed by atoms with van der Waals surface area (Å²) in [6.07, 6.45) is 0.478. The zero-order valence-corrected chi connectivity index (χ0v) is 14.2. The van der Waals surface area contributed by atoms with Gasteiger partial charge in [0.2, 0.25) is 9.97 Å². The molecule has 22 heavy (non-hydrogen) atoms. The summed E-state index contributed by atoms with van der Waals surface area (Å²) in [7, 11) is -1.40. The number of fused-ring (bicyclic) bond motifs is 1. The quantitative estimate of drug-likeness (QED) is 0.808. The van der Waals surface area contributed by atoms with Crippen LogP contribution in [0.5, 0.6) is 0 Å². The molecule has 0 aliphatic carbocycles. The lowest BCUT2D eigenvalue weighted by Gasteiger charge is -2.21. The number of hydrogen-bond acceptors (Lipinski definition) is 7. The van der Waals surface area contributed by atoms with Gasteiger partial charge in [-0.3, -0.25) is 4.79 Å². The lowest BCUT2D eigenvalue weighted by molar-refractivity contribution is 0.0746. The summed E-state index contributed by atoms with van der Waals surface area (Å²) >= 11 is 1.17. The van der Waals surface area contributed by atoms with Crippen molar-refractivity contribution in [1.82, 2.24) is 24.7 Å². The molecule has 0 radical (unpaired) electrons. The number of rotatable bonds is 3. The Kier molecular flexibility index (Phi) is 3.68. The second kappa shape index (κ2) is 5.27. The van der Waals surface area contributed by atoms with Crippen molar-refractivity contribution < 1.29 is 13.2 Å². The second-order valence-electron chi connectivity index (χ2n) is 5.79. The van der Waals surface area contributed by atoms with Crippen LogP contribution in [0.4, 0.5) is 0 Å². The monoisotopic (exact) mass is 343 g/mol. The van der Waals surface area contributed by atoms with Gasteiger partial charge in [-0.1, -0.05) is 25.2 Å². The van der Waals surface area contributed by atoms with E-state index in [0.717, 1.165) is 0 Å². The Balaban J connectivity index is 1.86. The predicted octanol–water partition coefficient (Wildman–Crippen LogP) is 0.568. The van der Waals surface area contributed by atoms with Crippen molar-refractivity contribution >= 4 is 32.0 Å². The number of sulfone groups is 1. The van der Waals surface area contributed by atoms with Crippen LogP contribution in [0.15, 0.2) is 0 Å². The van der Waals surface area contributed by atoms with E-state index in [1.165, 1.54) is 16.2 Å². The number of amides is 1. The van der Waals surface area contributed by atoms with E-state index in [0.29, 0.717) is 22.2 Å². The largest absolute Gasteiger partial charge is 0.336 e. The minimum atomic E-state index is -3.03. The molecule has 8 nitrogen and oxygen atoms in total. The third-order valence-corrected chi connectivity index (χ3v) is 6.43. The van der Waals surface area contributed by atoms with E-state index >= 15 is 0 Å². The van der Waals surface area contributed by atoms with Crippen LogP contribution in [0, 0.1) is 0 Å². The van der Waals surface area contributed by atoms with Crippen molar-refractivity contribution in [2.75, 3.05) is 18.6 Å². The molecule has 3 heterocycles. The Morgan fingerprint density at radius 1 is 1.41 bits per heavy atom. The number of aromatic nitrogens is 4. The van der Waals surface area contributed by atoms with Crippen molar-refractivity contribution in [1.29, 1.82) is 0 Å². The van der Waals surface area contributed by atoms with Crippen LogP contribution in [-0.2, 0) is 9.84 Å². The minimum Gasteiger partial charge on any atom is -0.336 e. The molecule has 0 spiro atoms. The standard InChI is InChI=1S/C12H17N5O3S2/c1-7(2)9-13-14-12-17(9)15-10(21-12)11(18)16(3)8-4-5-22(19,20)6-8/h7-8H,4-6H2,1-3H3. The summed E-state index contributed by atoms with van der Waals surface area (Å²) in [6, 6.07) is -0.281. The summed E-state index contributed by atoms with van der Waals surface area (Å²) in [4.78, 5) is 14.6. The lowest BCUT2D eigenvalue weighted by Crippen LogP contribution is -2.37. The average molecular weight is 343 g/mol. The van der Waals surface area contributed by atoms with Crippen molar-refractivity contribution in [2.45, 2.75) is 32.2 Å². The van der Waals surface area contributed by atoms with Crippen molar-refractivity contribution in [3.63, 3.8) is 0 Å². The Hall–Kier alpha value is -1.55. The van der Waals surface area contributed by atoms with E-state index in [2.05, 4.69) is 15.3 Å². The highest BCUT2D eigenvalue weighted by molar-refractivity contribution is 7.91. The first-order valence-electron chi connectivity index (χ1n) is 6.98. The van der Waals surface area contributed by atoms with Gasteiger partial charge in [0.1, 0.15) is 0 Å². The lowest BCUT2D eigenvalue weighted by atomic mass is 10.2. The maximum absolute atomic E-state index is 12.5. The molecular weight excluding hydrogens is 326 g/mol. The number of hydrogen-bond donors (Lipinski definition) is 0. The van der Waals surface area contributed by atoms with Crippen LogP contribution in [-0.4, -0.2) is 63.6 Å². The molecule has 1 saturated heterocycles. The van der Waals surface area contributed by atoms with Gasteiger partial charge < -0.3 is 4.90 Å². The zero-order valence-electron chi connectivity index (χ0n) is 12.6. The second-order valence-corrected chi connectivity index (χ2v) is 8.97. The molecule has 1 unspecified atom stereocenters. The first-order valence-corrected chi connectivity index (χ1v) is 9.62. The van der Waals surface area contributed by atoms with Crippen molar-refractivity contribution in [3.8, 4) is 0 Å². The fourth-order valence-electron chi connectivity index (χ4n) is 2.48. The van der Waals surface area contributed by atoms with Gasteiger partial charge in [-0.05, 0) is 6.42 Å². The number of carbonyl (C=O) groups excluding carboxylic acids is 1. The van der Waals surface area contributed by atoms with Gasteiger partial charge in [0.25, 0.3) is 5.91 Å². The normalized spacial score (nSPS) is 20.8. The highest BCUT2D eigenvalue weighted by Gasteiger charge is 2.34. The van der Waals surface area contributed by atoms with Gasteiger partial charge in [-0.2, -0.15) is 4.52 Å². The van der Waals surface area contributed by atoms with E-state index in [1.807, 2.05) is 13.8 Å². The molecule has 1 aliphatic heterocycles. The van der Waals surface area contributed by atoms with E-state index in [9.17, 15) is 13.2 Å². The van der Waals surface area contributed by atoms with E-state index in [-0.39, 0.29) is 29.4 Å². The third kappa shape index (κ3) is 2.60. The van der Waals surface area contributed by atoms with Gasteiger partial charge in [0.05, 0.1) is 11.5 Å². The Morgan fingerprint density at radius 2 is 2.14 bits per heavy atom. The van der Waals surface area contributed by atoms with Crippen LogP contribution in [0.3, 0.4) is 0 Å². The number of nitrogens with zero attached hydrogens (tertiary/aromatic N) is 5. The summed E-state index contributed by atoms with van der Waals surface area (Å²) < 4.78 is 24.7. The third-order valence-electron chi connectivity index (χ3n) is 3.79. The van der Waals surface area contributed by atoms with Gasteiger partial charge in [0.15, 0.2) is 15.7 Å². The highest BCUT2D eigenvalue weighted by atomic mass is 32.2. The molecule has 1 amide bonds. The molecule has 10 heteroatoms. The maximum Gasteiger partial charge on any atom is 0.284 e. The Morgan fingerprint density at radius 3 is 2.73 bits per heavy atom. The van der Waals surface area contributed by atoms with Crippen LogP contribution in [0.25, 0.3) is 4.96 Å². The molecule has 1 fully saturated rings.